The second-order valence-corrected chi connectivity index (χ2v) is 3.87. The minimum absolute atomic E-state index is 0.0404. The van der Waals surface area contributed by atoms with Crippen LogP contribution in [0.15, 0.2) is 23.6 Å². The van der Waals surface area contributed by atoms with Crippen molar-refractivity contribution in [3.63, 3.8) is 0 Å². The third-order valence-electron chi connectivity index (χ3n) is 2.14. The van der Waals surface area contributed by atoms with Crippen LogP contribution < -0.4 is 0 Å². The Morgan fingerprint density at radius 1 is 1.57 bits per heavy atom. The standard InChI is InChI=1S/C10H8O3S/c1-13-10(12)7-2-3-8(11)6-4-5-14-9(6)7/h2-5,7H,1H3. The highest BCUT2D eigenvalue weighted by molar-refractivity contribution is 7.10. The highest BCUT2D eigenvalue weighted by atomic mass is 32.1. The summed E-state index contributed by atoms with van der Waals surface area (Å²) in [5.41, 5.74) is 0.618. The monoisotopic (exact) mass is 208 g/mol. The average molecular weight is 208 g/mol. The molecule has 0 N–H and O–H groups in total. The number of methoxy groups -OCH3 is 1. The van der Waals surface area contributed by atoms with Gasteiger partial charge in [-0.15, -0.1) is 11.3 Å². The number of ketones is 1. The molecule has 2 rings (SSSR count). The summed E-state index contributed by atoms with van der Waals surface area (Å²) in [5.74, 6) is -0.772. The molecule has 0 saturated heterocycles. The Morgan fingerprint density at radius 3 is 3.07 bits per heavy atom. The molecule has 3 nitrogen and oxygen atoms in total. The number of carbonyl (C=O) groups is 2. The fourth-order valence-corrected chi connectivity index (χ4v) is 2.41. The smallest absolute Gasteiger partial charge is 0.317 e. The van der Waals surface area contributed by atoms with Crippen LogP contribution in [0, 0.1) is 0 Å². The van der Waals surface area contributed by atoms with Gasteiger partial charge in [-0.3, -0.25) is 9.59 Å². The van der Waals surface area contributed by atoms with Crippen LogP contribution in [0.5, 0.6) is 0 Å². The van der Waals surface area contributed by atoms with Crippen LogP contribution in [0.4, 0.5) is 0 Å². The molecule has 0 saturated carbocycles. The van der Waals surface area contributed by atoms with E-state index >= 15 is 0 Å². The summed E-state index contributed by atoms with van der Waals surface area (Å²) in [4.78, 5) is 23.5. The van der Waals surface area contributed by atoms with Crippen molar-refractivity contribution in [1.29, 1.82) is 0 Å². The van der Waals surface area contributed by atoms with Crippen LogP contribution in [-0.2, 0) is 9.53 Å². The first-order valence-electron chi connectivity index (χ1n) is 4.12. The van der Waals surface area contributed by atoms with Gasteiger partial charge in [-0.1, -0.05) is 6.08 Å². The Kier molecular flexibility index (Phi) is 2.21. The van der Waals surface area contributed by atoms with E-state index in [-0.39, 0.29) is 11.8 Å². The average Bonchev–Trinajstić information content (AvgIpc) is 2.67. The molecule has 1 aliphatic rings. The van der Waals surface area contributed by atoms with Gasteiger partial charge in [0.2, 0.25) is 0 Å². The van der Waals surface area contributed by atoms with Crippen molar-refractivity contribution in [3.8, 4) is 0 Å². The van der Waals surface area contributed by atoms with Gasteiger partial charge in [-0.25, -0.2) is 0 Å². The van der Waals surface area contributed by atoms with E-state index in [2.05, 4.69) is 4.74 Å². The van der Waals surface area contributed by atoms with Crippen molar-refractivity contribution in [2.24, 2.45) is 0 Å². The van der Waals surface area contributed by atoms with E-state index in [1.807, 2.05) is 5.38 Å². The fourth-order valence-electron chi connectivity index (χ4n) is 1.44. The van der Waals surface area contributed by atoms with E-state index in [0.717, 1.165) is 4.88 Å². The van der Waals surface area contributed by atoms with E-state index in [9.17, 15) is 9.59 Å². The molecule has 1 aromatic rings. The van der Waals surface area contributed by atoms with Crippen LogP contribution in [0.2, 0.25) is 0 Å². The summed E-state index contributed by atoms with van der Waals surface area (Å²) in [6.45, 7) is 0. The SMILES string of the molecule is COC(=O)C1C=CC(=O)c2ccsc21. The van der Waals surface area contributed by atoms with Crippen molar-refractivity contribution >= 4 is 23.1 Å². The number of thiophene rings is 1. The number of allylic oxidation sites excluding steroid dienone is 1. The first-order chi connectivity index (χ1) is 6.74. The summed E-state index contributed by atoms with van der Waals surface area (Å²) < 4.78 is 4.66. The normalized spacial score (nSPS) is 19.2. The number of hydrogen-bond donors (Lipinski definition) is 0. The molecule has 1 heterocycles. The molecule has 0 radical (unpaired) electrons. The zero-order valence-corrected chi connectivity index (χ0v) is 8.34. The molecule has 1 aliphatic carbocycles. The molecule has 0 aliphatic heterocycles. The van der Waals surface area contributed by atoms with E-state index in [4.69, 9.17) is 0 Å². The van der Waals surface area contributed by atoms with Crippen molar-refractivity contribution in [1.82, 2.24) is 0 Å². The Bertz CT molecular complexity index is 417. The zero-order chi connectivity index (χ0) is 10.1. The van der Waals surface area contributed by atoms with Crippen LogP contribution in [0.3, 0.4) is 0 Å². The first-order valence-corrected chi connectivity index (χ1v) is 4.99. The number of rotatable bonds is 1. The molecule has 0 fully saturated rings. The molecule has 0 bridgehead atoms. The lowest BCUT2D eigenvalue weighted by atomic mass is 9.95. The Morgan fingerprint density at radius 2 is 2.36 bits per heavy atom. The lowest BCUT2D eigenvalue weighted by Crippen LogP contribution is -2.16. The van der Waals surface area contributed by atoms with Crippen molar-refractivity contribution in [2.75, 3.05) is 7.11 Å². The first kappa shape index (κ1) is 9.15. The highest BCUT2D eigenvalue weighted by Gasteiger charge is 2.28. The maximum atomic E-state index is 11.4. The van der Waals surface area contributed by atoms with Crippen molar-refractivity contribution in [2.45, 2.75) is 5.92 Å². The molecule has 1 atom stereocenters. The number of fused-ring (bicyclic) bond motifs is 1. The van der Waals surface area contributed by atoms with Crippen LogP contribution >= 0.6 is 11.3 Å². The molecule has 72 valence electrons. The van der Waals surface area contributed by atoms with Gasteiger partial charge in [0.25, 0.3) is 0 Å². The predicted molar refractivity (Wildman–Crippen MR) is 52.5 cm³/mol. The Labute approximate surface area is 85.0 Å². The number of hydrogen-bond acceptors (Lipinski definition) is 4. The van der Waals surface area contributed by atoms with E-state index in [1.54, 1.807) is 12.1 Å². The number of carbonyl (C=O) groups excluding carboxylic acids is 2. The fraction of sp³-hybridized carbons (Fsp3) is 0.200. The summed E-state index contributed by atoms with van der Waals surface area (Å²) >= 11 is 1.41. The summed E-state index contributed by atoms with van der Waals surface area (Å²) in [7, 11) is 1.35. The largest absolute Gasteiger partial charge is 0.468 e. The number of ether oxygens (including phenoxy) is 1. The molecule has 0 aromatic carbocycles. The minimum Gasteiger partial charge on any atom is -0.468 e. The topological polar surface area (TPSA) is 43.4 Å². The number of esters is 1. The molecule has 1 unspecified atom stereocenters. The molecular weight excluding hydrogens is 200 g/mol. The summed E-state index contributed by atoms with van der Waals surface area (Å²) in [5, 5.41) is 1.81. The van der Waals surface area contributed by atoms with Crippen molar-refractivity contribution < 1.29 is 14.3 Å². The summed E-state index contributed by atoms with van der Waals surface area (Å²) in [6.07, 6.45) is 3.02. The van der Waals surface area contributed by atoms with Gasteiger partial charge in [-0.2, -0.15) is 0 Å². The van der Waals surface area contributed by atoms with Gasteiger partial charge in [0.15, 0.2) is 5.78 Å². The van der Waals surface area contributed by atoms with Gasteiger partial charge < -0.3 is 4.74 Å². The van der Waals surface area contributed by atoms with Crippen molar-refractivity contribution in [3.05, 3.63) is 34.0 Å². The van der Waals surface area contributed by atoms with E-state index < -0.39 is 5.92 Å². The minimum atomic E-state index is -0.410. The lowest BCUT2D eigenvalue weighted by molar-refractivity contribution is -0.141. The highest BCUT2D eigenvalue weighted by Crippen LogP contribution is 2.32. The van der Waals surface area contributed by atoms with Gasteiger partial charge in [0, 0.05) is 10.4 Å². The lowest BCUT2D eigenvalue weighted by Gasteiger charge is -2.13. The van der Waals surface area contributed by atoms with E-state index in [0.29, 0.717) is 5.56 Å². The Balaban J connectivity index is 2.45. The maximum absolute atomic E-state index is 11.4. The zero-order valence-electron chi connectivity index (χ0n) is 7.52. The second kappa shape index (κ2) is 3.38. The maximum Gasteiger partial charge on any atom is 0.317 e. The van der Waals surface area contributed by atoms with E-state index in [1.165, 1.54) is 24.5 Å². The molecule has 14 heavy (non-hydrogen) atoms. The van der Waals surface area contributed by atoms with Crippen LogP contribution in [0.1, 0.15) is 21.2 Å². The summed E-state index contributed by atoms with van der Waals surface area (Å²) in [6, 6.07) is 1.74. The van der Waals surface area contributed by atoms with Gasteiger partial charge in [0.1, 0.15) is 5.92 Å². The molecular formula is C10H8O3S. The Hall–Kier alpha value is -1.42. The molecule has 4 heteroatoms. The molecule has 0 spiro atoms. The molecule has 1 aromatic heterocycles. The predicted octanol–water partition coefficient (Wildman–Crippen LogP) is 1.76. The third kappa shape index (κ3) is 1.28. The van der Waals surface area contributed by atoms with Crippen LogP contribution in [0.25, 0.3) is 0 Å². The van der Waals surface area contributed by atoms with Gasteiger partial charge in [0.05, 0.1) is 7.11 Å². The van der Waals surface area contributed by atoms with Gasteiger partial charge in [-0.05, 0) is 17.5 Å². The quantitative estimate of drug-likeness (QED) is 0.660. The molecule has 0 amide bonds. The van der Waals surface area contributed by atoms with Crippen LogP contribution in [-0.4, -0.2) is 18.9 Å². The van der Waals surface area contributed by atoms with Gasteiger partial charge >= 0.3 is 5.97 Å². The second-order valence-electron chi connectivity index (χ2n) is 2.92. The third-order valence-corrected chi connectivity index (χ3v) is 3.14.